The maximum absolute atomic E-state index is 12.0. The van der Waals surface area contributed by atoms with E-state index in [0.717, 1.165) is 12.0 Å². The van der Waals surface area contributed by atoms with Crippen LogP contribution in [0.5, 0.6) is 5.75 Å². The molecular weight excluding hydrogens is 268 g/mol. The minimum absolute atomic E-state index is 0.0178. The van der Waals surface area contributed by atoms with Crippen molar-refractivity contribution < 1.29 is 14.3 Å². The average Bonchev–Trinajstić information content (AvgIpc) is 2.47. The van der Waals surface area contributed by atoms with Crippen molar-refractivity contribution in [1.29, 1.82) is 0 Å². The zero-order valence-electron chi connectivity index (χ0n) is 13.1. The number of nitrogens with two attached hydrogens (primary N) is 1. The van der Waals surface area contributed by atoms with E-state index in [9.17, 15) is 4.79 Å². The molecule has 5 nitrogen and oxygen atoms in total. The van der Waals surface area contributed by atoms with Crippen molar-refractivity contribution >= 4 is 11.6 Å². The van der Waals surface area contributed by atoms with Crippen LogP contribution in [0.2, 0.25) is 0 Å². The number of amides is 1. The number of methoxy groups -OCH3 is 1. The first-order valence-electron chi connectivity index (χ1n) is 7.29. The molecule has 0 saturated carbocycles. The Balaban J connectivity index is 2.62. The Morgan fingerprint density at radius 2 is 2.14 bits per heavy atom. The van der Waals surface area contributed by atoms with Crippen molar-refractivity contribution in [2.45, 2.75) is 26.7 Å². The minimum Gasteiger partial charge on any atom is -0.489 e. The Hall–Kier alpha value is -1.59. The Bertz CT molecular complexity index is 449. The van der Waals surface area contributed by atoms with E-state index in [2.05, 4.69) is 5.32 Å². The van der Waals surface area contributed by atoms with Gasteiger partial charge in [0.2, 0.25) is 5.91 Å². The third kappa shape index (κ3) is 6.60. The maximum atomic E-state index is 12.0. The Morgan fingerprint density at radius 1 is 1.38 bits per heavy atom. The van der Waals surface area contributed by atoms with E-state index in [-0.39, 0.29) is 5.91 Å². The number of hydrogen-bond acceptors (Lipinski definition) is 4. The molecule has 0 aliphatic carbocycles. The Kier molecular flexibility index (Phi) is 7.79. The summed E-state index contributed by atoms with van der Waals surface area (Å²) >= 11 is 0. The van der Waals surface area contributed by atoms with Crippen LogP contribution in [0.1, 0.15) is 25.3 Å². The zero-order valence-corrected chi connectivity index (χ0v) is 13.1. The molecule has 0 spiro atoms. The van der Waals surface area contributed by atoms with Crippen LogP contribution in [0.4, 0.5) is 5.69 Å². The van der Waals surface area contributed by atoms with Gasteiger partial charge < -0.3 is 20.5 Å². The van der Waals surface area contributed by atoms with Gasteiger partial charge in [0.25, 0.3) is 0 Å². The third-order valence-electron chi connectivity index (χ3n) is 3.22. The first kappa shape index (κ1) is 17.5. The lowest BCUT2D eigenvalue weighted by Gasteiger charge is -2.14. The summed E-state index contributed by atoms with van der Waals surface area (Å²) in [5.74, 6) is 1.01. The molecule has 118 valence electrons. The SMILES string of the molecule is COCCOc1cc(C)ccc1NC(=O)CCC(C)CN. The summed E-state index contributed by atoms with van der Waals surface area (Å²) in [5, 5.41) is 2.90. The van der Waals surface area contributed by atoms with Gasteiger partial charge in [0.05, 0.1) is 12.3 Å². The fraction of sp³-hybridized carbons (Fsp3) is 0.562. The smallest absolute Gasteiger partial charge is 0.224 e. The summed E-state index contributed by atoms with van der Waals surface area (Å²) in [4.78, 5) is 12.0. The minimum atomic E-state index is -0.0178. The van der Waals surface area contributed by atoms with Crippen molar-refractivity contribution in [1.82, 2.24) is 0 Å². The van der Waals surface area contributed by atoms with E-state index in [0.29, 0.717) is 43.5 Å². The number of carbonyl (C=O) groups is 1. The van der Waals surface area contributed by atoms with Crippen LogP contribution in [-0.2, 0) is 9.53 Å². The molecule has 0 fully saturated rings. The standard InChI is InChI=1S/C16H26N2O3/c1-12-4-6-14(15(10-12)21-9-8-20-3)18-16(19)7-5-13(2)11-17/h4,6,10,13H,5,7-9,11,17H2,1-3H3,(H,18,19). The highest BCUT2D eigenvalue weighted by Crippen LogP contribution is 2.26. The predicted octanol–water partition coefficient (Wildman–Crippen LogP) is 2.33. The quantitative estimate of drug-likeness (QED) is 0.686. The summed E-state index contributed by atoms with van der Waals surface area (Å²) in [6.07, 6.45) is 1.25. The van der Waals surface area contributed by atoms with Crippen molar-refractivity contribution in [3.8, 4) is 5.75 Å². The molecule has 21 heavy (non-hydrogen) atoms. The highest BCUT2D eigenvalue weighted by molar-refractivity contribution is 5.92. The predicted molar refractivity (Wildman–Crippen MR) is 84.6 cm³/mol. The first-order chi connectivity index (χ1) is 10.1. The van der Waals surface area contributed by atoms with Crippen LogP contribution in [0, 0.1) is 12.8 Å². The fourth-order valence-electron chi connectivity index (χ4n) is 1.80. The number of benzene rings is 1. The molecule has 1 amide bonds. The van der Waals surface area contributed by atoms with Crippen LogP contribution in [0.25, 0.3) is 0 Å². The van der Waals surface area contributed by atoms with E-state index < -0.39 is 0 Å². The molecule has 0 saturated heterocycles. The number of anilines is 1. The number of ether oxygens (including phenoxy) is 2. The summed E-state index contributed by atoms with van der Waals surface area (Å²) in [7, 11) is 1.63. The van der Waals surface area contributed by atoms with E-state index in [1.807, 2.05) is 32.0 Å². The number of hydrogen-bond donors (Lipinski definition) is 2. The molecule has 0 heterocycles. The van der Waals surface area contributed by atoms with Crippen LogP contribution < -0.4 is 15.8 Å². The van der Waals surface area contributed by atoms with Crippen LogP contribution >= 0.6 is 0 Å². The molecule has 0 aliphatic heterocycles. The second-order valence-corrected chi connectivity index (χ2v) is 5.27. The van der Waals surface area contributed by atoms with Crippen molar-refractivity contribution in [3.05, 3.63) is 23.8 Å². The van der Waals surface area contributed by atoms with Gasteiger partial charge in [-0.2, -0.15) is 0 Å². The molecule has 0 bridgehead atoms. The second kappa shape index (κ2) is 9.37. The molecule has 1 rings (SSSR count). The molecule has 0 radical (unpaired) electrons. The molecule has 1 aromatic rings. The van der Waals surface area contributed by atoms with E-state index in [4.69, 9.17) is 15.2 Å². The lowest BCUT2D eigenvalue weighted by Crippen LogP contribution is -2.17. The normalized spacial score (nSPS) is 12.0. The molecule has 1 unspecified atom stereocenters. The van der Waals surface area contributed by atoms with Gasteiger partial charge in [-0.15, -0.1) is 0 Å². The largest absolute Gasteiger partial charge is 0.489 e. The summed E-state index contributed by atoms with van der Waals surface area (Å²) in [5.41, 5.74) is 7.33. The lowest BCUT2D eigenvalue weighted by molar-refractivity contribution is -0.116. The summed E-state index contributed by atoms with van der Waals surface area (Å²) < 4.78 is 10.6. The van der Waals surface area contributed by atoms with Crippen molar-refractivity contribution in [2.24, 2.45) is 11.7 Å². The Labute approximate surface area is 126 Å². The van der Waals surface area contributed by atoms with Gasteiger partial charge in [-0.05, 0) is 43.5 Å². The highest BCUT2D eigenvalue weighted by atomic mass is 16.5. The van der Waals surface area contributed by atoms with Crippen LogP contribution in [0.15, 0.2) is 18.2 Å². The molecule has 0 aromatic heterocycles. The fourth-order valence-corrected chi connectivity index (χ4v) is 1.80. The van der Waals surface area contributed by atoms with Gasteiger partial charge in [-0.3, -0.25) is 4.79 Å². The van der Waals surface area contributed by atoms with Crippen molar-refractivity contribution in [2.75, 3.05) is 32.2 Å². The molecule has 1 aromatic carbocycles. The van der Waals surface area contributed by atoms with Gasteiger partial charge >= 0.3 is 0 Å². The molecule has 1 atom stereocenters. The molecule has 3 N–H and O–H groups in total. The van der Waals surface area contributed by atoms with Gasteiger partial charge in [0.1, 0.15) is 12.4 Å². The van der Waals surface area contributed by atoms with Crippen LogP contribution in [-0.4, -0.2) is 32.8 Å². The first-order valence-corrected chi connectivity index (χ1v) is 7.29. The van der Waals surface area contributed by atoms with Gasteiger partial charge in [-0.25, -0.2) is 0 Å². The molecule has 5 heteroatoms. The number of aryl methyl sites for hydroxylation is 1. The lowest BCUT2D eigenvalue weighted by atomic mass is 10.1. The monoisotopic (exact) mass is 294 g/mol. The van der Waals surface area contributed by atoms with Crippen molar-refractivity contribution in [3.63, 3.8) is 0 Å². The van der Waals surface area contributed by atoms with E-state index in [1.165, 1.54) is 0 Å². The second-order valence-electron chi connectivity index (χ2n) is 5.27. The summed E-state index contributed by atoms with van der Waals surface area (Å²) in [6, 6.07) is 5.72. The van der Waals surface area contributed by atoms with Gasteiger partial charge in [-0.1, -0.05) is 13.0 Å². The summed E-state index contributed by atoms with van der Waals surface area (Å²) in [6.45, 7) is 5.59. The molecular formula is C16H26N2O3. The van der Waals surface area contributed by atoms with Crippen LogP contribution in [0.3, 0.4) is 0 Å². The van der Waals surface area contributed by atoms with Gasteiger partial charge in [0.15, 0.2) is 0 Å². The number of rotatable bonds is 9. The maximum Gasteiger partial charge on any atom is 0.224 e. The zero-order chi connectivity index (χ0) is 15.7. The average molecular weight is 294 g/mol. The third-order valence-corrected chi connectivity index (χ3v) is 3.22. The highest BCUT2D eigenvalue weighted by Gasteiger charge is 2.10. The van der Waals surface area contributed by atoms with Gasteiger partial charge in [0, 0.05) is 13.5 Å². The topological polar surface area (TPSA) is 73.6 Å². The number of nitrogens with one attached hydrogen (secondary N) is 1. The van der Waals surface area contributed by atoms with E-state index in [1.54, 1.807) is 7.11 Å². The van der Waals surface area contributed by atoms with E-state index >= 15 is 0 Å². The Morgan fingerprint density at radius 3 is 2.81 bits per heavy atom. The number of carbonyl (C=O) groups excluding carboxylic acids is 1. The molecule has 0 aliphatic rings.